The summed E-state index contributed by atoms with van der Waals surface area (Å²) in [6.07, 6.45) is 0. The molecule has 0 saturated carbocycles. The Hall–Kier alpha value is -2.27. The standard InChI is InChI=1S/C22H28N4O.HI/c1-5-24-21(25-15-18-10-8-9-17(13-18)14-23)26-16-19-11-6-7-12-20(19)27-22(2,3)4;/h6-13H,5,15-16H2,1-4H3,(H2,24,25,26);1H. The predicted molar refractivity (Wildman–Crippen MR) is 125 cm³/mol. The summed E-state index contributed by atoms with van der Waals surface area (Å²) in [7, 11) is 0. The van der Waals surface area contributed by atoms with Crippen LogP contribution in [0.15, 0.2) is 53.5 Å². The highest BCUT2D eigenvalue weighted by Crippen LogP contribution is 2.22. The van der Waals surface area contributed by atoms with Crippen LogP contribution in [-0.2, 0) is 13.1 Å². The zero-order valence-electron chi connectivity index (χ0n) is 17.0. The molecule has 2 rings (SSSR count). The lowest BCUT2D eigenvalue weighted by Crippen LogP contribution is -2.37. The van der Waals surface area contributed by atoms with Crippen molar-refractivity contribution in [3.63, 3.8) is 0 Å². The molecule has 6 heteroatoms. The monoisotopic (exact) mass is 492 g/mol. The Morgan fingerprint density at radius 1 is 1.11 bits per heavy atom. The van der Waals surface area contributed by atoms with Crippen LogP contribution in [0.25, 0.3) is 0 Å². The molecule has 0 fully saturated rings. The summed E-state index contributed by atoms with van der Waals surface area (Å²) in [5.41, 5.74) is 2.47. The molecule has 0 amide bonds. The van der Waals surface area contributed by atoms with Gasteiger partial charge in [-0.3, -0.25) is 0 Å². The number of halogens is 1. The van der Waals surface area contributed by atoms with Crippen LogP contribution in [-0.4, -0.2) is 18.1 Å². The minimum atomic E-state index is -0.250. The van der Waals surface area contributed by atoms with Gasteiger partial charge in [-0.1, -0.05) is 30.3 Å². The number of hydrogen-bond acceptors (Lipinski definition) is 3. The highest BCUT2D eigenvalue weighted by Gasteiger charge is 2.14. The number of nitriles is 1. The van der Waals surface area contributed by atoms with Crippen molar-refractivity contribution >= 4 is 29.9 Å². The largest absolute Gasteiger partial charge is 0.488 e. The van der Waals surface area contributed by atoms with E-state index in [9.17, 15) is 0 Å². The molecule has 0 radical (unpaired) electrons. The SMILES string of the molecule is CCNC(=NCc1cccc(C#N)c1)NCc1ccccc1OC(C)(C)C.I. The zero-order chi connectivity index (χ0) is 19.7. The first-order chi connectivity index (χ1) is 12.9. The lowest BCUT2D eigenvalue weighted by Gasteiger charge is -2.23. The molecule has 150 valence electrons. The summed E-state index contributed by atoms with van der Waals surface area (Å²) in [4.78, 5) is 4.62. The number of rotatable bonds is 6. The molecule has 0 unspecified atom stereocenters. The van der Waals surface area contributed by atoms with E-state index >= 15 is 0 Å². The van der Waals surface area contributed by atoms with E-state index < -0.39 is 0 Å². The van der Waals surface area contributed by atoms with Gasteiger partial charge in [0, 0.05) is 18.7 Å². The number of guanidine groups is 1. The lowest BCUT2D eigenvalue weighted by molar-refractivity contribution is 0.129. The molecule has 0 aliphatic carbocycles. The third-order valence-electron chi connectivity index (χ3n) is 3.66. The van der Waals surface area contributed by atoms with Gasteiger partial charge in [-0.2, -0.15) is 5.26 Å². The molecule has 0 aliphatic rings. The van der Waals surface area contributed by atoms with Gasteiger partial charge in [0.05, 0.1) is 18.2 Å². The number of aliphatic imine (C=N–C) groups is 1. The van der Waals surface area contributed by atoms with Gasteiger partial charge in [-0.05, 0) is 51.5 Å². The molecule has 2 N–H and O–H groups in total. The van der Waals surface area contributed by atoms with Crippen molar-refractivity contribution in [3.05, 3.63) is 65.2 Å². The van der Waals surface area contributed by atoms with Crippen LogP contribution in [0, 0.1) is 11.3 Å². The van der Waals surface area contributed by atoms with Crippen molar-refractivity contribution in [1.29, 1.82) is 5.26 Å². The fourth-order valence-corrected chi connectivity index (χ4v) is 2.51. The van der Waals surface area contributed by atoms with Gasteiger partial charge >= 0.3 is 0 Å². The Kier molecular flexibility index (Phi) is 9.80. The molecular weight excluding hydrogens is 463 g/mol. The zero-order valence-corrected chi connectivity index (χ0v) is 19.3. The molecule has 0 aromatic heterocycles. The highest BCUT2D eigenvalue weighted by atomic mass is 127. The fraction of sp³-hybridized carbons (Fsp3) is 0.364. The van der Waals surface area contributed by atoms with E-state index in [1.165, 1.54) is 0 Å². The van der Waals surface area contributed by atoms with Crippen molar-refractivity contribution < 1.29 is 4.74 Å². The summed E-state index contributed by atoms with van der Waals surface area (Å²) < 4.78 is 6.05. The minimum absolute atomic E-state index is 0. The van der Waals surface area contributed by atoms with E-state index in [2.05, 4.69) is 21.7 Å². The Morgan fingerprint density at radius 2 is 1.86 bits per heavy atom. The van der Waals surface area contributed by atoms with Crippen LogP contribution >= 0.6 is 24.0 Å². The average molecular weight is 492 g/mol. The molecule has 0 heterocycles. The normalized spacial score (nSPS) is 11.2. The molecule has 0 bridgehead atoms. The molecule has 5 nitrogen and oxygen atoms in total. The van der Waals surface area contributed by atoms with Gasteiger partial charge in [-0.25, -0.2) is 4.99 Å². The van der Waals surface area contributed by atoms with E-state index in [-0.39, 0.29) is 29.6 Å². The third-order valence-corrected chi connectivity index (χ3v) is 3.66. The molecule has 2 aromatic rings. The van der Waals surface area contributed by atoms with Crippen molar-refractivity contribution in [2.24, 2.45) is 4.99 Å². The highest BCUT2D eigenvalue weighted by molar-refractivity contribution is 14.0. The Bertz CT molecular complexity index is 822. The number of nitrogens with one attached hydrogen (secondary N) is 2. The van der Waals surface area contributed by atoms with Crippen molar-refractivity contribution in [3.8, 4) is 11.8 Å². The summed E-state index contributed by atoms with van der Waals surface area (Å²) in [6.45, 7) is 10.0. The summed E-state index contributed by atoms with van der Waals surface area (Å²) in [6, 6.07) is 17.7. The van der Waals surface area contributed by atoms with Gasteiger partial charge in [-0.15, -0.1) is 24.0 Å². The van der Waals surface area contributed by atoms with Crippen LogP contribution < -0.4 is 15.4 Å². The Morgan fingerprint density at radius 3 is 2.54 bits per heavy atom. The van der Waals surface area contributed by atoms with Gasteiger partial charge in [0.2, 0.25) is 0 Å². The maximum absolute atomic E-state index is 9.02. The number of nitrogens with zero attached hydrogens (tertiary/aromatic N) is 2. The van der Waals surface area contributed by atoms with Crippen LogP contribution in [0.3, 0.4) is 0 Å². The smallest absolute Gasteiger partial charge is 0.191 e. The third kappa shape index (κ3) is 8.17. The molecule has 28 heavy (non-hydrogen) atoms. The van der Waals surface area contributed by atoms with E-state index in [1.54, 1.807) is 6.07 Å². The van der Waals surface area contributed by atoms with Gasteiger partial charge in [0.25, 0.3) is 0 Å². The summed E-state index contributed by atoms with van der Waals surface area (Å²) in [5.74, 6) is 1.60. The van der Waals surface area contributed by atoms with Crippen LogP contribution in [0.5, 0.6) is 5.75 Å². The van der Waals surface area contributed by atoms with E-state index in [4.69, 9.17) is 10.00 Å². The molecule has 0 saturated heterocycles. The van der Waals surface area contributed by atoms with E-state index in [1.807, 2.05) is 70.2 Å². The van der Waals surface area contributed by atoms with Crippen LogP contribution in [0.2, 0.25) is 0 Å². The van der Waals surface area contributed by atoms with Gasteiger partial charge < -0.3 is 15.4 Å². The van der Waals surface area contributed by atoms with Crippen molar-refractivity contribution in [1.82, 2.24) is 10.6 Å². The predicted octanol–water partition coefficient (Wildman–Crippen LogP) is 4.61. The number of para-hydroxylation sites is 1. The number of ether oxygens (including phenoxy) is 1. The summed E-state index contributed by atoms with van der Waals surface area (Å²) >= 11 is 0. The maximum atomic E-state index is 9.02. The van der Waals surface area contributed by atoms with Crippen LogP contribution in [0.4, 0.5) is 0 Å². The molecular formula is C22H29IN4O. The second-order valence-corrected chi connectivity index (χ2v) is 7.18. The average Bonchev–Trinajstić information content (AvgIpc) is 2.64. The first kappa shape index (κ1) is 23.8. The molecule has 2 aromatic carbocycles. The van der Waals surface area contributed by atoms with Gasteiger partial charge in [0.15, 0.2) is 5.96 Å². The second kappa shape index (κ2) is 11.5. The first-order valence-electron chi connectivity index (χ1n) is 9.19. The van der Waals surface area contributed by atoms with Crippen molar-refractivity contribution in [2.75, 3.05) is 6.54 Å². The topological polar surface area (TPSA) is 69.4 Å². The quantitative estimate of drug-likeness (QED) is 0.351. The summed E-state index contributed by atoms with van der Waals surface area (Å²) in [5, 5.41) is 15.6. The molecule has 0 spiro atoms. The van der Waals surface area contributed by atoms with E-state index in [0.29, 0.717) is 18.7 Å². The lowest BCUT2D eigenvalue weighted by atomic mass is 10.1. The Balaban J connectivity index is 0.00000392. The van der Waals surface area contributed by atoms with Crippen molar-refractivity contribution in [2.45, 2.75) is 46.4 Å². The molecule has 0 atom stereocenters. The first-order valence-corrected chi connectivity index (χ1v) is 9.19. The maximum Gasteiger partial charge on any atom is 0.191 e. The van der Waals surface area contributed by atoms with E-state index in [0.717, 1.165) is 29.4 Å². The molecule has 0 aliphatic heterocycles. The second-order valence-electron chi connectivity index (χ2n) is 7.18. The van der Waals surface area contributed by atoms with Gasteiger partial charge in [0.1, 0.15) is 11.4 Å². The Labute approximate surface area is 185 Å². The number of hydrogen-bond donors (Lipinski definition) is 2. The minimum Gasteiger partial charge on any atom is -0.488 e. The number of benzene rings is 2. The fourth-order valence-electron chi connectivity index (χ4n) is 2.51. The van der Waals surface area contributed by atoms with Crippen LogP contribution in [0.1, 0.15) is 44.4 Å².